The molecule has 0 bridgehead atoms. The molecule has 0 aliphatic carbocycles. The van der Waals surface area contributed by atoms with Gasteiger partial charge in [0.05, 0.1) is 6.20 Å². The van der Waals surface area contributed by atoms with Crippen LogP contribution in [-0.4, -0.2) is 16.1 Å². The van der Waals surface area contributed by atoms with Crippen molar-refractivity contribution in [1.82, 2.24) is 10.2 Å². The van der Waals surface area contributed by atoms with Crippen LogP contribution in [0.2, 0.25) is 0 Å². The average Bonchev–Trinajstić information content (AvgIpc) is 2.76. The van der Waals surface area contributed by atoms with E-state index < -0.39 is 11.7 Å². The van der Waals surface area contributed by atoms with Gasteiger partial charge in [0, 0.05) is 34.6 Å². The van der Waals surface area contributed by atoms with Gasteiger partial charge in [0.2, 0.25) is 5.91 Å². The van der Waals surface area contributed by atoms with Crippen molar-refractivity contribution in [3.63, 3.8) is 0 Å². The molecule has 1 amide bonds. The first-order valence-corrected chi connectivity index (χ1v) is 5.81. The fourth-order valence-electron chi connectivity index (χ4n) is 1.75. The van der Waals surface area contributed by atoms with Crippen molar-refractivity contribution in [1.29, 1.82) is 0 Å². The summed E-state index contributed by atoms with van der Waals surface area (Å²) in [4.78, 5) is 11.1. The van der Waals surface area contributed by atoms with Gasteiger partial charge in [-0.2, -0.15) is 5.10 Å². The zero-order valence-electron chi connectivity index (χ0n) is 10.7. The summed E-state index contributed by atoms with van der Waals surface area (Å²) < 4.78 is 13.7. The molecule has 100 valence electrons. The van der Waals surface area contributed by atoms with E-state index in [-0.39, 0.29) is 5.56 Å². The number of carbonyl (C=O) groups is 1. The third-order valence-corrected chi connectivity index (χ3v) is 3.03. The van der Waals surface area contributed by atoms with Gasteiger partial charge in [0.15, 0.2) is 0 Å². The number of primary amides is 1. The molecule has 1 aromatic carbocycles. The third-order valence-electron chi connectivity index (χ3n) is 3.03. The molecular weight excluding hydrogens is 247 g/mol. The molecule has 1 heterocycles. The number of hydrogen-bond donors (Lipinski definition) is 3. The third kappa shape index (κ3) is 2.73. The standard InChI is InChI=1S/C13H15FN4O/c1-7-11(14)3-9(13(15)19)4-12(7)16-5-10-6-17-18-8(10)2/h3-4,6,16H,5H2,1-2H3,(H2,15,19)(H,17,18). The van der Waals surface area contributed by atoms with Crippen LogP contribution < -0.4 is 11.1 Å². The Bertz CT molecular complexity index is 621. The summed E-state index contributed by atoms with van der Waals surface area (Å²) in [6, 6.07) is 2.70. The lowest BCUT2D eigenvalue weighted by molar-refractivity contribution is 0.1000. The topological polar surface area (TPSA) is 83.8 Å². The van der Waals surface area contributed by atoms with Crippen LogP contribution in [-0.2, 0) is 6.54 Å². The maximum absolute atomic E-state index is 13.7. The minimum absolute atomic E-state index is 0.148. The number of benzene rings is 1. The molecule has 2 rings (SSSR count). The van der Waals surface area contributed by atoms with Crippen LogP contribution in [0.15, 0.2) is 18.3 Å². The largest absolute Gasteiger partial charge is 0.381 e. The van der Waals surface area contributed by atoms with Gasteiger partial charge >= 0.3 is 0 Å². The van der Waals surface area contributed by atoms with Gasteiger partial charge in [-0.3, -0.25) is 9.89 Å². The van der Waals surface area contributed by atoms with Crippen molar-refractivity contribution >= 4 is 11.6 Å². The second-order valence-corrected chi connectivity index (χ2v) is 4.37. The van der Waals surface area contributed by atoms with Crippen LogP contribution in [0, 0.1) is 19.7 Å². The maximum Gasteiger partial charge on any atom is 0.248 e. The predicted octanol–water partition coefficient (Wildman–Crippen LogP) is 1.88. The summed E-state index contributed by atoms with van der Waals surface area (Å²) in [5, 5.41) is 9.81. The zero-order valence-corrected chi connectivity index (χ0v) is 10.7. The Hall–Kier alpha value is -2.37. The molecule has 2 aromatic rings. The lowest BCUT2D eigenvalue weighted by Crippen LogP contribution is -2.13. The fourth-order valence-corrected chi connectivity index (χ4v) is 1.75. The number of halogens is 1. The number of carbonyl (C=O) groups excluding carboxylic acids is 1. The number of nitrogens with two attached hydrogens (primary N) is 1. The summed E-state index contributed by atoms with van der Waals surface area (Å²) in [5.74, 6) is -1.11. The van der Waals surface area contributed by atoms with Crippen LogP contribution in [0.3, 0.4) is 0 Å². The smallest absolute Gasteiger partial charge is 0.248 e. The SMILES string of the molecule is Cc1[nH]ncc1CNc1cc(C(N)=O)cc(F)c1C. The number of aryl methyl sites for hydroxylation is 1. The van der Waals surface area contributed by atoms with Gasteiger partial charge in [0.25, 0.3) is 0 Å². The van der Waals surface area contributed by atoms with Crippen LogP contribution in [0.5, 0.6) is 0 Å². The normalized spacial score (nSPS) is 10.5. The molecule has 0 spiro atoms. The fraction of sp³-hybridized carbons (Fsp3) is 0.231. The first-order valence-electron chi connectivity index (χ1n) is 5.81. The van der Waals surface area contributed by atoms with Crippen molar-refractivity contribution in [2.75, 3.05) is 5.32 Å². The highest BCUT2D eigenvalue weighted by Gasteiger charge is 2.10. The Kier molecular flexibility index (Phi) is 3.50. The second-order valence-electron chi connectivity index (χ2n) is 4.37. The zero-order chi connectivity index (χ0) is 14.0. The number of anilines is 1. The molecule has 0 aliphatic rings. The molecule has 1 aromatic heterocycles. The monoisotopic (exact) mass is 262 g/mol. The Morgan fingerprint density at radius 3 is 2.79 bits per heavy atom. The predicted molar refractivity (Wildman–Crippen MR) is 70.3 cm³/mol. The lowest BCUT2D eigenvalue weighted by atomic mass is 10.1. The number of amides is 1. The molecule has 5 nitrogen and oxygen atoms in total. The Balaban J connectivity index is 2.24. The van der Waals surface area contributed by atoms with Crippen molar-refractivity contribution in [2.45, 2.75) is 20.4 Å². The van der Waals surface area contributed by atoms with Gasteiger partial charge in [-0.1, -0.05) is 0 Å². The molecule has 0 saturated carbocycles. The minimum Gasteiger partial charge on any atom is -0.381 e. The summed E-state index contributed by atoms with van der Waals surface area (Å²) in [6.45, 7) is 4.03. The van der Waals surface area contributed by atoms with E-state index in [0.717, 1.165) is 17.3 Å². The number of H-pyrrole nitrogens is 1. The number of hydrogen-bond acceptors (Lipinski definition) is 3. The van der Waals surface area contributed by atoms with Gasteiger partial charge in [-0.05, 0) is 26.0 Å². The van der Waals surface area contributed by atoms with E-state index in [1.54, 1.807) is 19.2 Å². The lowest BCUT2D eigenvalue weighted by Gasteiger charge is -2.11. The van der Waals surface area contributed by atoms with Crippen molar-refractivity contribution in [3.8, 4) is 0 Å². The average molecular weight is 262 g/mol. The van der Waals surface area contributed by atoms with Gasteiger partial charge in [-0.25, -0.2) is 4.39 Å². The molecule has 19 heavy (non-hydrogen) atoms. The Labute approximate surface area is 110 Å². The second kappa shape index (κ2) is 5.09. The molecule has 0 radical (unpaired) electrons. The number of aromatic amines is 1. The molecule has 0 atom stereocenters. The number of nitrogens with one attached hydrogen (secondary N) is 2. The van der Waals surface area contributed by atoms with Crippen LogP contribution in [0.1, 0.15) is 27.2 Å². The summed E-state index contributed by atoms with van der Waals surface area (Å²) in [7, 11) is 0. The quantitative estimate of drug-likeness (QED) is 0.786. The summed E-state index contributed by atoms with van der Waals surface area (Å²) in [6.07, 6.45) is 1.70. The Morgan fingerprint density at radius 2 is 2.21 bits per heavy atom. The minimum atomic E-state index is -0.651. The van der Waals surface area contributed by atoms with Crippen LogP contribution in [0.4, 0.5) is 10.1 Å². The van der Waals surface area contributed by atoms with E-state index in [1.807, 2.05) is 6.92 Å². The number of aromatic nitrogens is 2. The highest BCUT2D eigenvalue weighted by atomic mass is 19.1. The first-order chi connectivity index (χ1) is 8.99. The van der Waals surface area contributed by atoms with Crippen LogP contribution >= 0.6 is 0 Å². The molecule has 0 unspecified atom stereocenters. The molecule has 4 N–H and O–H groups in total. The molecule has 0 fully saturated rings. The van der Waals surface area contributed by atoms with Crippen LogP contribution in [0.25, 0.3) is 0 Å². The Morgan fingerprint density at radius 1 is 1.47 bits per heavy atom. The molecule has 0 aliphatic heterocycles. The van der Waals surface area contributed by atoms with Crippen molar-refractivity contribution < 1.29 is 9.18 Å². The molecule has 0 saturated heterocycles. The highest BCUT2D eigenvalue weighted by molar-refractivity contribution is 5.94. The highest BCUT2D eigenvalue weighted by Crippen LogP contribution is 2.21. The van der Waals surface area contributed by atoms with E-state index in [1.165, 1.54) is 0 Å². The molecular formula is C13H15FN4O. The van der Waals surface area contributed by atoms with E-state index in [0.29, 0.717) is 17.8 Å². The summed E-state index contributed by atoms with van der Waals surface area (Å²) in [5.41, 5.74) is 8.23. The first kappa shape index (κ1) is 13.1. The van der Waals surface area contributed by atoms with E-state index in [4.69, 9.17) is 5.73 Å². The van der Waals surface area contributed by atoms with E-state index >= 15 is 0 Å². The van der Waals surface area contributed by atoms with Gasteiger partial charge in [-0.15, -0.1) is 0 Å². The van der Waals surface area contributed by atoms with Gasteiger partial charge < -0.3 is 11.1 Å². The molecule has 6 heteroatoms. The number of rotatable bonds is 4. The van der Waals surface area contributed by atoms with Crippen molar-refractivity contribution in [3.05, 3.63) is 46.5 Å². The van der Waals surface area contributed by atoms with Gasteiger partial charge in [0.1, 0.15) is 5.82 Å². The summed E-state index contributed by atoms with van der Waals surface area (Å²) >= 11 is 0. The van der Waals surface area contributed by atoms with E-state index in [2.05, 4.69) is 15.5 Å². The number of nitrogens with zero attached hydrogens (tertiary/aromatic N) is 1. The van der Waals surface area contributed by atoms with Crippen molar-refractivity contribution in [2.24, 2.45) is 5.73 Å². The maximum atomic E-state index is 13.7. The van der Waals surface area contributed by atoms with E-state index in [9.17, 15) is 9.18 Å².